The zero-order valence-electron chi connectivity index (χ0n) is 10.6. The Morgan fingerprint density at radius 1 is 1.47 bits per heavy atom. The van der Waals surface area contributed by atoms with Crippen LogP contribution in [0.25, 0.3) is 0 Å². The van der Waals surface area contributed by atoms with Crippen LogP contribution in [0, 0.1) is 0 Å². The molecule has 7 nitrogen and oxygen atoms in total. The van der Waals surface area contributed by atoms with Crippen LogP contribution in [0.4, 0.5) is 5.69 Å². The van der Waals surface area contributed by atoms with Crippen LogP contribution in [0.5, 0.6) is 5.75 Å². The summed E-state index contributed by atoms with van der Waals surface area (Å²) in [6.45, 7) is 1.91. The molecule has 0 amide bonds. The number of methoxy groups -OCH3 is 1. The Labute approximate surface area is 111 Å². The van der Waals surface area contributed by atoms with Crippen molar-refractivity contribution < 1.29 is 17.9 Å². The summed E-state index contributed by atoms with van der Waals surface area (Å²) in [6, 6.07) is 4.94. The number of nitrogens with zero attached hydrogens (tertiary/aromatic N) is 1. The molecule has 104 valence electrons. The number of anilines is 1. The number of hydrogen-bond acceptors (Lipinski definition) is 5. The molecular weight excluding hydrogens is 270 g/mol. The molecule has 0 aliphatic carbocycles. The maximum absolute atomic E-state index is 11.4. The van der Waals surface area contributed by atoms with Gasteiger partial charge in [-0.3, -0.25) is 4.72 Å². The second kappa shape index (κ2) is 5.06. The summed E-state index contributed by atoms with van der Waals surface area (Å²) in [5.74, 6) is 0.324. The average Bonchev–Trinajstić information content (AvgIpc) is 2.33. The van der Waals surface area contributed by atoms with Crippen LogP contribution >= 0.6 is 0 Å². The number of amidine groups is 1. The van der Waals surface area contributed by atoms with E-state index in [0.29, 0.717) is 23.4 Å². The molecule has 1 aliphatic heterocycles. The maximum Gasteiger partial charge on any atom is 0.344 e. The topological polar surface area (TPSA) is 103 Å². The van der Waals surface area contributed by atoms with Crippen molar-refractivity contribution in [1.29, 1.82) is 0 Å². The molecule has 3 N–H and O–H groups in total. The average molecular weight is 285 g/mol. The Kier molecular flexibility index (Phi) is 3.63. The minimum absolute atomic E-state index is 0.102. The molecule has 1 aromatic rings. The molecule has 0 saturated carbocycles. The first-order valence-electron chi connectivity index (χ1n) is 5.68. The van der Waals surface area contributed by atoms with Gasteiger partial charge in [0.15, 0.2) is 12.1 Å². The van der Waals surface area contributed by atoms with E-state index in [1.165, 1.54) is 7.11 Å². The summed E-state index contributed by atoms with van der Waals surface area (Å²) in [5, 5.41) is 0. The summed E-state index contributed by atoms with van der Waals surface area (Å²) in [6.07, 6.45) is 0.209. The third-order valence-corrected chi connectivity index (χ3v) is 3.51. The summed E-state index contributed by atoms with van der Waals surface area (Å²) < 4.78 is 39.3. The molecule has 2 rings (SSSR count). The number of benzene rings is 1. The molecule has 1 heterocycles. The number of ether oxygens (including phenoxy) is 2. The van der Waals surface area contributed by atoms with Gasteiger partial charge in [0.1, 0.15) is 5.75 Å². The molecule has 1 atom stereocenters. The number of rotatable bonds is 4. The molecule has 0 bridgehead atoms. The molecule has 0 fully saturated rings. The largest absolute Gasteiger partial charge is 0.464 e. The van der Waals surface area contributed by atoms with E-state index in [4.69, 9.17) is 15.2 Å². The van der Waals surface area contributed by atoms with Crippen LogP contribution in [0.1, 0.15) is 18.9 Å². The van der Waals surface area contributed by atoms with Crippen molar-refractivity contribution in [3.63, 3.8) is 0 Å². The van der Waals surface area contributed by atoms with Crippen LogP contribution < -0.4 is 15.2 Å². The van der Waals surface area contributed by atoms with E-state index < -0.39 is 16.5 Å². The standard InChI is InChI=1S/C11H15N3O4S/c1-3-9(17-2)18-8-6-4-5-7-10(8)11(12)14-19(15,16)13-7/h4-6,9,13H,3H2,1-2H3,(H2,12,14)/t9-/m0/s1. The first-order valence-corrected chi connectivity index (χ1v) is 7.12. The summed E-state index contributed by atoms with van der Waals surface area (Å²) in [4.78, 5) is 0. The minimum atomic E-state index is -3.78. The second-order valence-electron chi connectivity index (χ2n) is 3.92. The second-order valence-corrected chi connectivity index (χ2v) is 5.26. The predicted molar refractivity (Wildman–Crippen MR) is 71.4 cm³/mol. The first kappa shape index (κ1) is 13.6. The fraction of sp³-hybridized carbons (Fsp3) is 0.364. The lowest BCUT2D eigenvalue weighted by Crippen LogP contribution is -2.28. The Morgan fingerprint density at radius 2 is 2.21 bits per heavy atom. The van der Waals surface area contributed by atoms with Gasteiger partial charge >= 0.3 is 10.2 Å². The Balaban J connectivity index is 2.45. The highest BCUT2D eigenvalue weighted by atomic mass is 32.2. The molecular formula is C11H15N3O4S. The predicted octanol–water partition coefficient (Wildman–Crippen LogP) is 0.824. The molecule has 0 saturated heterocycles. The summed E-state index contributed by atoms with van der Waals surface area (Å²) in [7, 11) is -2.24. The normalized spacial score (nSPS) is 17.9. The SMILES string of the molecule is CC[C@@H](OC)Oc1cccc2c1C(N)=NS(=O)(=O)N2. The molecule has 0 spiro atoms. The summed E-state index contributed by atoms with van der Waals surface area (Å²) >= 11 is 0. The zero-order chi connectivity index (χ0) is 14.0. The van der Waals surface area contributed by atoms with Gasteiger partial charge in [-0.2, -0.15) is 8.42 Å². The highest BCUT2D eigenvalue weighted by molar-refractivity contribution is 7.91. The highest BCUT2D eigenvalue weighted by Crippen LogP contribution is 2.31. The van der Waals surface area contributed by atoms with Crippen LogP contribution in [0.3, 0.4) is 0 Å². The van der Waals surface area contributed by atoms with Crippen molar-refractivity contribution in [2.24, 2.45) is 10.1 Å². The van der Waals surface area contributed by atoms with Crippen molar-refractivity contribution in [3.8, 4) is 5.75 Å². The molecule has 1 aromatic carbocycles. The lowest BCUT2D eigenvalue weighted by atomic mass is 10.1. The van der Waals surface area contributed by atoms with Crippen LogP contribution in [0.15, 0.2) is 22.6 Å². The van der Waals surface area contributed by atoms with Crippen LogP contribution in [-0.4, -0.2) is 27.7 Å². The molecule has 8 heteroatoms. The van der Waals surface area contributed by atoms with Gasteiger partial charge in [-0.1, -0.05) is 13.0 Å². The van der Waals surface area contributed by atoms with Gasteiger partial charge in [-0.15, -0.1) is 4.40 Å². The van der Waals surface area contributed by atoms with E-state index >= 15 is 0 Å². The minimum Gasteiger partial charge on any atom is -0.464 e. The highest BCUT2D eigenvalue weighted by Gasteiger charge is 2.25. The number of nitrogens with one attached hydrogen (secondary N) is 1. The van der Waals surface area contributed by atoms with Gasteiger partial charge in [0.05, 0.1) is 11.3 Å². The molecule has 19 heavy (non-hydrogen) atoms. The Hall–Kier alpha value is -1.80. The van der Waals surface area contributed by atoms with E-state index in [9.17, 15) is 8.42 Å². The lowest BCUT2D eigenvalue weighted by molar-refractivity contribution is -0.0548. The van der Waals surface area contributed by atoms with E-state index in [-0.39, 0.29) is 5.84 Å². The van der Waals surface area contributed by atoms with Crippen molar-refractivity contribution in [2.45, 2.75) is 19.6 Å². The third-order valence-electron chi connectivity index (χ3n) is 2.59. The van der Waals surface area contributed by atoms with E-state index in [0.717, 1.165) is 0 Å². The van der Waals surface area contributed by atoms with E-state index in [1.807, 2.05) is 6.92 Å². The lowest BCUT2D eigenvalue weighted by Gasteiger charge is -2.22. The van der Waals surface area contributed by atoms with E-state index in [2.05, 4.69) is 9.12 Å². The van der Waals surface area contributed by atoms with E-state index in [1.54, 1.807) is 18.2 Å². The van der Waals surface area contributed by atoms with Crippen molar-refractivity contribution in [2.75, 3.05) is 11.8 Å². The first-order chi connectivity index (χ1) is 8.96. The van der Waals surface area contributed by atoms with Crippen molar-refractivity contribution in [1.82, 2.24) is 0 Å². The molecule has 0 unspecified atom stereocenters. The fourth-order valence-electron chi connectivity index (χ4n) is 1.76. The Morgan fingerprint density at radius 3 is 2.84 bits per heavy atom. The van der Waals surface area contributed by atoms with Crippen molar-refractivity contribution >= 4 is 21.7 Å². The molecule has 0 radical (unpaired) electrons. The fourth-order valence-corrected chi connectivity index (χ4v) is 2.60. The zero-order valence-corrected chi connectivity index (χ0v) is 11.4. The van der Waals surface area contributed by atoms with Gasteiger partial charge in [0, 0.05) is 13.5 Å². The van der Waals surface area contributed by atoms with Gasteiger partial charge in [0.25, 0.3) is 0 Å². The third kappa shape index (κ3) is 2.79. The van der Waals surface area contributed by atoms with Crippen molar-refractivity contribution in [3.05, 3.63) is 23.8 Å². The van der Waals surface area contributed by atoms with Crippen LogP contribution in [-0.2, 0) is 14.9 Å². The maximum atomic E-state index is 11.4. The number of nitrogens with two attached hydrogens (primary N) is 1. The van der Waals surface area contributed by atoms with Gasteiger partial charge in [0.2, 0.25) is 0 Å². The quantitative estimate of drug-likeness (QED) is 0.797. The summed E-state index contributed by atoms with van der Waals surface area (Å²) in [5.41, 5.74) is 6.46. The van der Waals surface area contributed by atoms with Crippen LogP contribution in [0.2, 0.25) is 0 Å². The van der Waals surface area contributed by atoms with Gasteiger partial charge in [-0.05, 0) is 12.1 Å². The molecule has 1 aliphatic rings. The smallest absolute Gasteiger partial charge is 0.344 e. The number of fused-ring (bicyclic) bond motifs is 1. The molecule has 0 aromatic heterocycles. The van der Waals surface area contributed by atoms with Gasteiger partial charge < -0.3 is 15.2 Å². The monoisotopic (exact) mass is 285 g/mol. The van der Waals surface area contributed by atoms with Gasteiger partial charge in [-0.25, -0.2) is 0 Å². The number of hydrogen-bond donors (Lipinski definition) is 2. The Bertz CT molecular complexity index is 608.